The molecule has 6 heteroatoms. The highest BCUT2D eigenvalue weighted by Crippen LogP contribution is 2.26. The standard InChI is InChI=1S/C15H24BrClN4/c1-10(2)7-12-14(16)15(17)19-13(18-12)8-11-9-20(3)5-6-21(11)4/h10-11H,5-9H2,1-4H3. The van der Waals surface area contributed by atoms with Gasteiger partial charge in [0.15, 0.2) is 0 Å². The van der Waals surface area contributed by atoms with Crippen LogP contribution in [0.25, 0.3) is 0 Å². The molecule has 118 valence electrons. The molecule has 1 aromatic rings. The van der Waals surface area contributed by atoms with Crippen LogP contribution in [0.5, 0.6) is 0 Å². The minimum absolute atomic E-state index is 0.452. The molecular weight excluding hydrogens is 352 g/mol. The van der Waals surface area contributed by atoms with Gasteiger partial charge in [-0.3, -0.25) is 0 Å². The molecule has 2 rings (SSSR count). The van der Waals surface area contributed by atoms with Crippen LogP contribution in [0.1, 0.15) is 25.4 Å². The van der Waals surface area contributed by atoms with Gasteiger partial charge in [-0.15, -0.1) is 0 Å². The highest BCUT2D eigenvalue weighted by Gasteiger charge is 2.24. The molecule has 0 aliphatic carbocycles. The third-order valence-corrected chi connectivity index (χ3v) is 5.26. The van der Waals surface area contributed by atoms with Crippen LogP contribution in [0.2, 0.25) is 5.15 Å². The van der Waals surface area contributed by atoms with Crippen LogP contribution in [-0.4, -0.2) is 59.5 Å². The van der Waals surface area contributed by atoms with E-state index in [0.29, 0.717) is 17.1 Å². The van der Waals surface area contributed by atoms with Crippen molar-refractivity contribution in [2.75, 3.05) is 33.7 Å². The Hall–Kier alpha value is -0.230. The number of rotatable bonds is 4. The maximum atomic E-state index is 6.26. The Bertz CT molecular complexity index is 495. The Balaban J connectivity index is 2.17. The van der Waals surface area contributed by atoms with Gasteiger partial charge in [0.1, 0.15) is 11.0 Å². The van der Waals surface area contributed by atoms with Crippen LogP contribution in [-0.2, 0) is 12.8 Å². The molecule has 1 aromatic heterocycles. The monoisotopic (exact) mass is 374 g/mol. The molecule has 1 atom stereocenters. The van der Waals surface area contributed by atoms with Crippen LogP contribution >= 0.6 is 27.5 Å². The molecule has 1 aliphatic rings. The summed E-state index contributed by atoms with van der Waals surface area (Å²) in [6.45, 7) is 7.63. The number of aromatic nitrogens is 2. The van der Waals surface area contributed by atoms with Crippen molar-refractivity contribution in [1.82, 2.24) is 19.8 Å². The molecule has 0 radical (unpaired) electrons. The van der Waals surface area contributed by atoms with Crippen LogP contribution in [0.15, 0.2) is 4.47 Å². The van der Waals surface area contributed by atoms with Gasteiger partial charge in [0.05, 0.1) is 10.2 Å². The second-order valence-corrected chi connectivity index (χ2v) is 7.54. The predicted octanol–water partition coefficient (Wildman–Crippen LogP) is 2.88. The SMILES string of the molecule is CC(C)Cc1nc(CC2CN(C)CCN2C)nc(Cl)c1Br. The second-order valence-electron chi connectivity index (χ2n) is 6.39. The van der Waals surface area contributed by atoms with E-state index in [4.69, 9.17) is 16.6 Å². The van der Waals surface area contributed by atoms with E-state index in [1.807, 2.05) is 0 Å². The molecule has 0 N–H and O–H groups in total. The molecule has 0 saturated carbocycles. The summed E-state index contributed by atoms with van der Waals surface area (Å²) >= 11 is 9.78. The van der Waals surface area contributed by atoms with E-state index in [2.05, 4.69) is 58.7 Å². The van der Waals surface area contributed by atoms with E-state index in [1.54, 1.807) is 0 Å². The van der Waals surface area contributed by atoms with Gasteiger partial charge in [0, 0.05) is 32.1 Å². The zero-order valence-corrected chi connectivity index (χ0v) is 15.6. The van der Waals surface area contributed by atoms with Gasteiger partial charge in [0.25, 0.3) is 0 Å². The fraction of sp³-hybridized carbons (Fsp3) is 0.733. The first-order valence-corrected chi connectivity index (χ1v) is 8.63. The molecule has 1 saturated heterocycles. The third-order valence-electron chi connectivity index (χ3n) is 3.93. The van der Waals surface area contributed by atoms with Crippen molar-refractivity contribution in [1.29, 1.82) is 0 Å². The lowest BCUT2D eigenvalue weighted by atomic mass is 10.1. The summed E-state index contributed by atoms with van der Waals surface area (Å²) in [7, 11) is 4.34. The molecule has 0 spiro atoms. The van der Waals surface area contributed by atoms with E-state index >= 15 is 0 Å². The maximum Gasteiger partial charge on any atom is 0.147 e. The van der Waals surface area contributed by atoms with Crippen molar-refractivity contribution in [2.24, 2.45) is 5.92 Å². The number of nitrogens with zero attached hydrogens (tertiary/aromatic N) is 4. The second kappa shape index (κ2) is 7.36. The predicted molar refractivity (Wildman–Crippen MR) is 90.9 cm³/mol. The van der Waals surface area contributed by atoms with E-state index in [1.165, 1.54) is 0 Å². The number of piperazine rings is 1. The lowest BCUT2D eigenvalue weighted by Gasteiger charge is -2.37. The zero-order valence-electron chi connectivity index (χ0n) is 13.2. The summed E-state index contributed by atoms with van der Waals surface area (Å²) in [6.07, 6.45) is 1.76. The Morgan fingerprint density at radius 1 is 1.29 bits per heavy atom. The van der Waals surface area contributed by atoms with Crippen LogP contribution < -0.4 is 0 Å². The first-order chi connectivity index (χ1) is 9.86. The maximum absolute atomic E-state index is 6.26. The van der Waals surface area contributed by atoms with Crippen molar-refractivity contribution in [3.8, 4) is 0 Å². The van der Waals surface area contributed by atoms with Gasteiger partial charge in [-0.1, -0.05) is 25.4 Å². The summed E-state index contributed by atoms with van der Waals surface area (Å²) in [5.41, 5.74) is 1.02. The smallest absolute Gasteiger partial charge is 0.147 e. The zero-order chi connectivity index (χ0) is 15.6. The minimum atomic E-state index is 0.452. The Morgan fingerprint density at radius 2 is 2.00 bits per heavy atom. The Labute approximate surface area is 141 Å². The van der Waals surface area contributed by atoms with Crippen molar-refractivity contribution in [2.45, 2.75) is 32.7 Å². The first kappa shape index (κ1) is 17.1. The number of likely N-dealkylation sites (N-methyl/N-ethyl adjacent to an activating group) is 2. The molecule has 1 aliphatic heterocycles. The van der Waals surface area contributed by atoms with Crippen molar-refractivity contribution >= 4 is 27.5 Å². The summed E-state index contributed by atoms with van der Waals surface area (Å²) in [4.78, 5) is 13.9. The molecule has 4 nitrogen and oxygen atoms in total. The van der Waals surface area contributed by atoms with Gasteiger partial charge < -0.3 is 9.80 Å². The summed E-state index contributed by atoms with van der Waals surface area (Å²) in [5, 5.41) is 0.530. The van der Waals surface area contributed by atoms with Crippen LogP contribution in [0, 0.1) is 5.92 Å². The van der Waals surface area contributed by atoms with Crippen molar-refractivity contribution in [3.05, 3.63) is 21.1 Å². The van der Waals surface area contributed by atoms with Gasteiger partial charge in [0.2, 0.25) is 0 Å². The largest absolute Gasteiger partial charge is 0.304 e. The summed E-state index contributed by atoms with van der Waals surface area (Å²) in [5.74, 6) is 1.40. The molecule has 1 unspecified atom stereocenters. The van der Waals surface area contributed by atoms with E-state index in [0.717, 1.165) is 48.5 Å². The van der Waals surface area contributed by atoms with E-state index in [-0.39, 0.29) is 0 Å². The Morgan fingerprint density at radius 3 is 2.67 bits per heavy atom. The number of hydrogen-bond donors (Lipinski definition) is 0. The van der Waals surface area contributed by atoms with Gasteiger partial charge in [-0.25, -0.2) is 9.97 Å². The molecule has 1 fully saturated rings. The van der Waals surface area contributed by atoms with E-state index in [9.17, 15) is 0 Å². The fourth-order valence-corrected chi connectivity index (χ4v) is 3.20. The average Bonchev–Trinajstić information content (AvgIpc) is 2.39. The molecule has 0 bridgehead atoms. The lowest BCUT2D eigenvalue weighted by Crippen LogP contribution is -2.51. The minimum Gasteiger partial charge on any atom is -0.304 e. The number of halogens is 2. The number of hydrogen-bond acceptors (Lipinski definition) is 4. The van der Waals surface area contributed by atoms with Crippen LogP contribution in [0.4, 0.5) is 0 Å². The fourth-order valence-electron chi connectivity index (χ4n) is 2.66. The molecular formula is C15H24BrClN4. The summed E-state index contributed by atoms with van der Waals surface area (Å²) < 4.78 is 0.843. The average molecular weight is 376 g/mol. The molecule has 21 heavy (non-hydrogen) atoms. The van der Waals surface area contributed by atoms with Gasteiger partial charge in [-0.05, 0) is 42.4 Å². The normalized spacial score (nSPS) is 21.2. The van der Waals surface area contributed by atoms with Crippen molar-refractivity contribution in [3.63, 3.8) is 0 Å². The first-order valence-electron chi connectivity index (χ1n) is 7.46. The molecule has 2 heterocycles. The molecule has 0 amide bonds. The summed E-state index contributed by atoms with van der Waals surface area (Å²) in [6, 6.07) is 0.452. The highest BCUT2D eigenvalue weighted by atomic mass is 79.9. The topological polar surface area (TPSA) is 32.3 Å². The highest BCUT2D eigenvalue weighted by molar-refractivity contribution is 9.10. The van der Waals surface area contributed by atoms with Gasteiger partial charge >= 0.3 is 0 Å². The quantitative estimate of drug-likeness (QED) is 0.758. The molecule has 0 aromatic carbocycles. The third kappa shape index (κ3) is 4.62. The van der Waals surface area contributed by atoms with Crippen molar-refractivity contribution < 1.29 is 0 Å². The lowest BCUT2D eigenvalue weighted by molar-refractivity contribution is 0.113. The van der Waals surface area contributed by atoms with E-state index < -0.39 is 0 Å². The van der Waals surface area contributed by atoms with Crippen LogP contribution in [0.3, 0.4) is 0 Å². The van der Waals surface area contributed by atoms with Gasteiger partial charge in [-0.2, -0.15) is 0 Å². The Kier molecular flexibility index (Phi) is 6.00.